The minimum Gasteiger partial charge on any atom is -0.312 e. The van der Waals surface area contributed by atoms with Crippen LogP contribution in [-0.4, -0.2) is 28.6 Å². The highest BCUT2D eigenvalue weighted by Gasteiger charge is 2.35. The second kappa shape index (κ2) is 6.13. The van der Waals surface area contributed by atoms with Crippen LogP contribution in [0.15, 0.2) is 28.2 Å². The van der Waals surface area contributed by atoms with Crippen LogP contribution in [0.2, 0.25) is 0 Å². The molecule has 8 heteroatoms. The first-order valence-electron chi connectivity index (χ1n) is 6.68. The number of nitrogens with one attached hydrogen (secondary N) is 1. The van der Waals surface area contributed by atoms with Gasteiger partial charge in [0.1, 0.15) is 5.51 Å². The van der Waals surface area contributed by atoms with Crippen molar-refractivity contribution in [2.75, 3.05) is 16.8 Å². The van der Waals surface area contributed by atoms with Crippen LogP contribution in [0.1, 0.15) is 12.0 Å². The number of carbonyl (C=O) groups is 2. The van der Waals surface area contributed by atoms with E-state index in [9.17, 15) is 9.59 Å². The second-order valence-electron chi connectivity index (χ2n) is 5.07. The molecular weight excluding hydrogens is 368 g/mol. The molecule has 0 saturated carbocycles. The first-order valence-corrected chi connectivity index (χ1v) is 8.35. The molecule has 2 aromatic rings. The summed E-state index contributed by atoms with van der Waals surface area (Å²) in [7, 11) is 0. The van der Waals surface area contributed by atoms with Crippen LogP contribution in [0.25, 0.3) is 0 Å². The van der Waals surface area contributed by atoms with Gasteiger partial charge in [-0.05, 0) is 30.7 Å². The number of rotatable bonds is 3. The van der Waals surface area contributed by atoms with Gasteiger partial charge in [-0.25, -0.2) is 0 Å². The average Bonchev–Trinajstić information content (AvgIpc) is 3.11. The number of nitrogens with zero attached hydrogens (tertiary/aromatic N) is 3. The highest BCUT2D eigenvalue weighted by Crippen LogP contribution is 2.29. The second-order valence-corrected chi connectivity index (χ2v) is 6.76. The fourth-order valence-corrected chi connectivity index (χ4v) is 3.06. The van der Waals surface area contributed by atoms with Crippen LogP contribution in [0.3, 0.4) is 0 Å². The molecule has 1 aliphatic rings. The molecule has 1 fully saturated rings. The summed E-state index contributed by atoms with van der Waals surface area (Å²) in [6, 6.07) is 5.72. The molecule has 0 aliphatic carbocycles. The number of carbonyl (C=O) groups excluding carboxylic acids is 2. The first kappa shape index (κ1) is 15.1. The lowest BCUT2D eigenvalue weighted by Gasteiger charge is -2.17. The van der Waals surface area contributed by atoms with Crippen molar-refractivity contribution in [2.24, 2.45) is 5.92 Å². The van der Waals surface area contributed by atoms with E-state index < -0.39 is 0 Å². The van der Waals surface area contributed by atoms with Gasteiger partial charge in [0, 0.05) is 23.1 Å². The molecule has 114 valence electrons. The minimum atomic E-state index is -0.375. The molecule has 1 atom stereocenters. The van der Waals surface area contributed by atoms with Gasteiger partial charge in [-0.15, -0.1) is 10.2 Å². The molecular formula is C14H13BrN4O2S. The summed E-state index contributed by atoms with van der Waals surface area (Å²) in [6.45, 7) is 2.35. The predicted octanol–water partition coefficient (Wildman–Crippen LogP) is 2.60. The van der Waals surface area contributed by atoms with E-state index in [1.54, 1.807) is 10.4 Å². The highest BCUT2D eigenvalue weighted by atomic mass is 79.9. The topological polar surface area (TPSA) is 75.2 Å². The number of aryl methyl sites for hydroxylation is 1. The number of amides is 2. The Labute approximate surface area is 139 Å². The molecule has 3 rings (SSSR count). The third-order valence-corrected chi connectivity index (χ3v) is 5.04. The molecule has 1 N–H and O–H groups in total. The summed E-state index contributed by atoms with van der Waals surface area (Å²) < 4.78 is 0.994. The van der Waals surface area contributed by atoms with Gasteiger partial charge >= 0.3 is 0 Å². The summed E-state index contributed by atoms with van der Waals surface area (Å²) in [6.07, 6.45) is 0.208. The molecule has 1 aromatic carbocycles. The lowest BCUT2D eigenvalue weighted by Crippen LogP contribution is -2.28. The van der Waals surface area contributed by atoms with Crippen molar-refractivity contribution < 1.29 is 9.59 Å². The quantitative estimate of drug-likeness (QED) is 0.887. The van der Waals surface area contributed by atoms with Crippen LogP contribution in [0, 0.1) is 12.8 Å². The fourth-order valence-electron chi connectivity index (χ4n) is 2.36. The van der Waals surface area contributed by atoms with E-state index in [0.717, 1.165) is 15.7 Å². The number of anilines is 2. The number of aromatic nitrogens is 2. The van der Waals surface area contributed by atoms with Crippen LogP contribution in [0.4, 0.5) is 10.8 Å². The molecule has 22 heavy (non-hydrogen) atoms. The molecule has 0 bridgehead atoms. The van der Waals surface area contributed by atoms with Gasteiger partial charge in [0.2, 0.25) is 16.9 Å². The third-order valence-electron chi connectivity index (χ3n) is 3.54. The van der Waals surface area contributed by atoms with Gasteiger partial charge < -0.3 is 10.2 Å². The molecule has 1 aromatic heterocycles. The molecule has 1 aliphatic heterocycles. The van der Waals surface area contributed by atoms with Gasteiger partial charge in [-0.3, -0.25) is 9.59 Å². The smallest absolute Gasteiger partial charge is 0.231 e. The van der Waals surface area contributed by atoms with Crippen molar-refractivity contribution in [1.29, 1.82) is 0 Å². The van der Waals surface area contributed by atoms with Gasteiger partial charge in [0.15, 0.2) is 0 Å². The number of halogens is 1. The summed E-state index contributed by atoms with van der Waals surface area (Å²) in [5, 5.41) is 10.6. The van der Waals surface area contributed by atoms with Crippen LogP contribution < -0.4 is 10.2 Å². The molecule has 2 amide bonds. The minimum absolute atomic E-state index is 0.0425. The summed E-state index contributed by atoms with van der Waals surface area (Å²) >= 11 is 4.70. The lowest BCUT2D eigenvalue weighted by molar-refractivity contribution is -0.122. The maximum atomic E-state index is 12.2. The summed E-state index contributed by atoms with van der Waals surface area (Å²) in [5.74, 6) is -0.610. The standard InChI is InChI=1S/C14H13BrN4O2S/c1-8-4-10(2-3-11(8)15)19-6-9(5-12(19)20)13(21)17-14-18-16-7-22-14/h2-4,7,9H,5-6H2,1H3,(H,17,18,21). The SMILES string of the molecule is Cc1cc(N2CC(C(=O)Nc3nncs3)CC2=O)ccc1Br. The van der Waals surface area contributed by atoms with Crippen molar-refractivity contribution in [3.05, 3.63) is 33.7 Å². The third kappa shape index (κ3) is 3.02. The molecule has 0 radical (unpaired) electrons. The van der Waals surface area contributed by atoms with E-state index in [-0.39, 0.29) is 24.2 Å². The Kier molecular flexibility index (Phi) is 4.21. The van der Waals surface area contributed by atoms with E-state index in [1.165, 1.54) is 11.3 Å². The number of hydrogen-bond donors (Lipinski definition) is 1. The summed E-state index contributed by atoms with van der Waals surface area (Å²) in [5.41, 5.74) is 3.41. The van der Waals surface area contributed by atoms with Crippen LogP contribution >= 0.6 is 27.3 Å². The van der Waals surface area contributed by atoms with Crippen molar-refractivity contribution in [3.63, 3.8) is 0 Å². The molecule has 0 spiro atoms. The Morgan fingerprint density at radius 1 is 1.50 bits per heavy atom. The van der Waals surface area contributed by atoms with E-state index in [4.69, 9.17) is 0 Å². The van der Waals surface area contributed by atoms with Crippen LogP contribution in [0.5, 0.6) is 0 Å². The van der Waals surface area contributed by atoms with Crippen molar-refractivity contribution in [2.45, 2.75) is 13.3 Å². The van der Waals surface area contributed by atoms with Gasteiger partial charge in [0.05, 0.1) is 5.92 Å². The summed E-state index contributed by atoms with van der Waals surface area (Å²) in [4.78, 5) is 26.1. The van der Waals surface area contributed by atoms with E-state index in [2.05, 4.69) is 31.4 Å². The predicted molar refractivity (Wildman–Crippen MR) is 87.9 cm³/mol. The zero-order chi connectivity index (χ0) is 15.7. The van der Waals surface area contributed by atoms with Gasteiger partial charge in [-0.2, -0.15) is 0 Å². The van der Waals surface area contributed by atoms with E-state index >= 15 is 0 Å². The Morgan fingerprint density at radius 3 is 3.00 bits per heavy atom. The zero-order valence-electron chi connectivity index (χ0n) is 11.7. The maximum absolute atomic E-state index is 12.2. The van der Waals surface area contributed by atoms with E-state index in [1.807, 2.05) is 25.1 Å². The van der Waals surface area contributed by atoms with E-state index in [0.29, 0.717) is 11.7 Å². The Bertz CT molecular complexity index is 720. The molecule has 6 nitrogen and oxygen atoms in total. The van der Waals surface area contributed by atoms with Gasteiger partial charge in [-0.1, -0.05) is 27.3 Å². The average molecular weight is 381 g/mol. The molecule has 1 saturated heterocycles. The monoisotopic (exact) mass is 380 g/mol. The normalized spacial score (nSPS) is 17.8. The molecule has 1 unspecified atom stereocenters. The fraction of sp³-hybridized carbons (Fsp3) is 0.286. The Morgan fingerprint density at radius 2 is 2.32 bits per heavy atom. The van der Waals surface area contributed by atoms with Gasteiger partial charge in [0.25, 0.3) is 0 Å². The van der Waals surface area contributed by atoms with Crippen molar-refractivity contribution >= 4 is 49.9 Å². The van der Waals surface area contributed by atoms with Crippen molar-refractivity contribution in [1.82, 2.24) is 10.2 Å². The lowest BCUT2D eigenvalue weighted by atomic mass is 10.1. The largest absolute Gasteiger partial charge is 0.312 e. The number of hydrogen-bond acceptors (Lipinski definition) is 5. The Hall–Kier alpha value is -1.80. The highest BCUT2D eigenvalue weighted by molar-refractivity contribution is 9.10. The first-order chi connectivity index (χ1) is 10.5. The maximum Gasteiger partial charge on any atom is 0.231 e. The Balaban J connectivity index is 1.72. The number of benzene rings is 1. The zero-order valence-corrected chi connectivity index (χ0v) is 14.1. The molecule has 2 heterocycles. The van der Waals surface area contributed by atoms with Crippen LogP contribution in [-0.2, 0) is 9.59 Å². The van der Waals surface area contributed by atoms with Crippen molar-refractivity contribution in [3.8, 4) is 0 Å².